The quantitative estimate of drug-likeness (QED) is 0.804. The fourth-order valence-corrected chi connectivity index (χ4v) is 4.56. The Morgan fingerprint density at radius 2 is 1.93 bits per heavy atom. The molecule has 0 aromatic carbocycles. The topological polar surface area (TPSA) is 65.7 Å². The van der Waals surface area contributed by atoms with Gasteiger partial charge in [0, 0.05) is 52.2 Å². The summed E-state index contributed by atoms with van der Waals surface area (Å²) in [6, 6.07) is 0.760. The zero-order valence-electron chi connectivity index (χ0n) is 16.4. The van der Waals surface area contributed by atoms with Crippen LogP contribution in [-0.4, -0.2) is 82.6 Å². The molecule has 1 aromatic heterocycles. The Labute approximate surface area is 161 Å². The summed E-state index contributed by atoms with van der Waals surface area (Å²) in [7, 11) is 0. The second-order valence-corrected chi connectivity index (χ2v) is 8.06. The van der Waals surface area contributed by atoms with E-state index in [1.165, 1.54) is 32.1 Å². The number of aromatic nitrogens is 2. The molecule has 7 nitrogen and oxygen atoms in total. The molecule has 0 spiro atoms. The van der Waals surface area contributed by atoms with Gasteiger partial charge in [-0.2, -0.15) is 4.98 Å². The molecule has 1 amide bonds. The number of carbonyl (C=O) groups is 1. The van der Waals surface area contributed by atoms with E-state index >= 15 is 0 Å². The van der Waals surface area contributed by atoms with Crippen LogP contribution < -0.4 is 0 Å². The molecule has 2 aliphatic heterocycles. The van der Waals surface area contributed by atoms with Crippen molar-refractivity contribution < 1.29 is 9.32 Å². The molecular weight excluding hydrogens is 342 g/mol. The van der Waals surface area contributed by atoms with Gasteiger partial charge in [-0.25, -0.2) is 0 Å². The number of piperazine rings is 1. The molecule has 7 heteroatoms. The summed E-state index contributed by atoms with van der Waals surface area (Å²) in [5.41, 5.74) is 1.12. The lowest BCUT2D eigenvalue weighted by molar-refractivity contribution is -0.134. The lowest BCUT2D eigenvalue weighted by Gasteiger charge is -2.41. The Hall–Kier alpha value is -1.73. The maximum atomic E-state index is 12.7. The highest BCUT2D eigenvalue weighted by atomic mass is 16.5. The Morgan fingerprint density at radius 3 is 2.56 bits per heavy atom. The highest BCUT2D eigenvalue weighted by Crippen LogP contribution is 2.24. The SMILES string of the molecule is Cc1nc(C2=CCN(CC(=O)N3CCN(C4CCCCC4)CC3)CC2)no1. The smallest absolute Gasteiger partial charge is 0.236 e. The van der Waals surface area contributed by atoms with Crippen LogP contribution in [0.3, 0.4) is 0 Å². The summed E-state index contributed by atoms with van der Waals surface area (Å²) in [6.45, 7) is 7.80. The second kappa shape index (κ2) is 8.52. The van der Waals surface area contributed by atoms with Gasteiger partial charge in [-0.3, -0.25) is 14.6 Å². The summed E-state index contributed by atoms with van der Waals surface area (Å²) in [5.74, 6) is 1.55. The molecule has 27 heavy (non-hydrogen) atoms. The normalized spacial score (nSPS) is 23.4. The van der Waals surface area contributed by atoms with Crippen molar-refractivity contribution in [3.05, 3.63) is 17.8 Å². The van der Waals surface area contributed by atoms with E-state index in [4.69, 9.17) is 4.52 Å². The van der Waals surface area contributed by atoms with E-state index in [1.807, 2.05) is 0 Å². The van der Waals surface area contributed by atoms with Gasteiger partial charge in [0.1, 0.15) is 0 Å². The zero-order chi connectivity index (χ0) is 18.6. The Bertz CT molecular complexity index is 672. The van der Waals surface area contributed by atoms with Gasteiger partial charge in [-0.05, 0) is 24.8 Å². The number of amides is 1. The molecule has 0 bridgehead atoms. The van der Waals surface area contributed by atoms with E-state index < -0.39 is 0 Å². The molecule has 3 heterocycles. The Kier molecular flexibility index (Phi) is 5.88. The van der Waals surface area contributed by atoms with Crippen molar-refractivity contribution in [2.75, 3.05) is 45.8 Å². The van der Waals surface area contributed by atoms with E-state index in [-0.39, 0.29) is 5.91 Å². The van der Waals surface area contributed by atoms with Gasteiger partial charge in [-0.1, -0.05) is 30.5 Å². The minimum Gasteiger partial charge on any atom is -0.339 e. The molecule has 4 rings (SSSR count). The van der Waals surface area contributed by atoms with Crippen molar-refractivity contribution in [3.63, 3.8) is 0 Å². The number of nitrogens with zero attached hydrogens (tertiary/aromatic N) is 5. The first kappa shape index (κ1) is 18.6. The van der Waals surface area contributed by atoms with Gasteiger partial charge < -0.3 is 9.42 Å². The first-order chi connectivity index (χ1) is 13.2. The van der Waals surface area contributed by atoms with E-state index in [1.54, 1.807) is 6.92 Å². The van der Waals surface area contributed by atoms with Gasteiger partial charge in [0.05, 0.1) is 6.54 Å². The molecule has 1 saturated heterocycles. The van der Waals surface area contributed by atoms with Crippen molar-refractivity contribution in [1.82, 2.24) is 24.8 Å². The predicted octanol–water partition coefficient (Wildman–Crippen LogP) is 1.94. The largest absolute Gasteiger partial charge is 0.339 e. The van der Waals surface area contributed by atoms with Crippen LogP contribution in [0.2, 0.25) is 0 Å². The van der Waals surface area contributed by atoms with Crippen LogP contribution in [0.4, 0.5) is 0 Å². The molecular formula is C20H31N5O2. The average Bonchev–Trinajstić information content (AvgIpc) is 3.16. The number of rotatable bonds is 4. The van der Waals surface area contributed by atoms with Crippen LogP contribution in [0, 0.1) is 6.92 Å². The van der Waals surface area contributed by atoms with Gasteiger partial charge in [-0.15, -0.1) is 0 Å². The number of hydrogen-bond acceptors (Lipinski definition) is 6. The first-order valence-corrected chi connectivity index (χ1v) is 10.4. The third kappa shape index (κ3) is 4.58. The van der Waals surface area contributed by atoms with Crippen molar-refractivity contribution in [2.24, 2.45) is 0 Å². The molecule has 0 unspecified atom stereocenters. The summed E-state index contributed by atoms with van der Waals surface area (Å²) >= 11 is 0. The second-order valence-electron chi connectivity index (χ2n) is 8.06. The summed E-state index contributed by atoms with van der Waals surface area (Å²) in [5, 5.41) is 3.99. The van der Waals surface area contributed by atoms with Crippen molar-refractivity contribution in [2.45, 2.75) is 51.5 Å². The molecule has 148 valence electrons. The molecule has 0 radical (unpaired) electrons. The van der Waals surface area contributed by atoms with Crippen molar-refractivity contribution in [1.29, 1.82) is 0 Å². The third-order valence-corrected chi connectivity index (χ3v) is 6.22. The van der Waals surface area contributed by atoms with E-state index in [0.29, 0.717) is 18.3 Å². The van der Waals surface area contributed by atoms with Gasteiger partial charge >= 0.3 is 0 Å². The lowest BCUT2D eigenvalue weighted by atomic mass is 9.94. The molecule has 2 fully saturated rings. The number of hydrogen-bond donors (Lipinski definition) is 0. The van der Waals surface area contributed by atoms with Crippen molar-refractivity contribution >= 4 is 11.5 Å². The Morgan fingerprint density at radius 1 is 1.15 bits per heavy atom. The van der Waals surface area contributed by atoms with Crippen LogP contribution in [0.25, 0.3) is 5.57 Å². The molecule has 0 atom stereocenters. The minimum absolute atomic E-state index is 0.269. The lowest BCUT2D eigenvalue weighted by Crippen LogP contribution is -2.54. The van der Waals surface area contributed by atoms with Gasteiger partial charge in [0.2, 0.25) is 11.8 Å². The molecule has 1 saturated carbocycles. The Balaban J connectivity index is 1.22. The highest BCUT2D eigenvalue weighted by molar-refractivity contribution is 5.78. The number of aryl methyl sites for hydroxylation is 1. The van der Waals surface area contributed by atoms with Crippen LogP contribution in [-0.2, 0) is 4.79 Å². The van der Waals surface area contributed by atoms with Crippen LogP contribution in [0.5, 0.6) is 0 Å². The molecule has 1 aliphatic carbocycles. The molecule has 3 aliphatic rings. The summed E-state index contributed by atoms with van der Waals surface area (Å²) < 4.78 is 5.06. The summed E-state index contributed by atoms with van der Waals surface area (Å²) in [6.07, 6.45) is 9.82. The third-order valence-electron chi connectivity index (χ3n) is 6.22. The van der Waals surface area contributed by atoms with E-state index in [0.717, 1.165) is 57.3 Å². The minimum atomic E-state index is 0.269. The van der Waals surface area contributed by atoms with E-state index in [9.17, 15) is 4.79 Å². The maximum absolute atomic E-state index is 12.7. The van der Waals surface area contributed by atoms with Gasteiger partial charge in [0.15, 0.2) is 5.82 Å². The fraction of sp³-hybridized carbons (Fsp3) is 0.750. The highest BCUT2D eigenvalue weighted by Gasteiger charge is 2.28. The molecule has 1 aromatic rings. The zero-order valence-corrected chi connectivity index (χ0v) is 16.4. The predicted molar refractivity (Wildman–Crippen MR) is 103 cm³/mol. The fourth-order valence-electron chi connectivity index (χ4n) is 4.56. The summed E-state index contributed by atoms with van der Waals surface area (Å²) in [4.78, 5) is 23.9. The average molecular weight is 374 g/mol. The van der Waals surface area contributed by atoms with Crippen LogP contribution in [0.15, 0.2) is 10.6 Å². The van der Waals surface area contributed by atoms with Crippen LogP contribution >= 0.6 is 0 Å². The standard InChI is InChI=1S/C20H31N5O2/c1-16-21-20(22-27-16)17-7-9-23(10-8-17)15-19(26)25-13-11-24(12-14-25)18-5-3-2-4-6-18/h7,18H,2-6,8-15H2,1H3. The number of carbonyl (C=O) groups excluding carboxylic acids is 1. The maximum Gasteiger partial charge on any atom is 0.236 e. The monoisotopic (exact) mass is 373 g/mol. The van der Waals surface area contributed by atoms with E-state index in [2.05, 4.69) is 30.9 Å². The van der Waals surface area contributed by atoms with Crippen LogP contribution in [0.1, 0.15) is 50.2 Å². The first-order valence-electron chi connectivity index (χ1n) is 10.4. The van der Waals surface area contributed by atoms with Gasteiger partial charge in [0.25, 0.3) is 0 Å². The van der Waals surface area contributed by atoms with Crippen molar-refractivity contribution in [3.8, 4) is 0 Å². The molecule has 0 N–H and O–H groups in total.